The number of hydrogen-bond donors (Lipinski definition) is 0. The van der Waals surface area contributed by atoms with Crippen molar-refractivity contribution in [1.82, 2.24) is 9.78 Å². The third-order valence-electron chi connectivity index (χ3n) is 5.46. The molecular formula is C23H20ClFN2O3. The van der Waals surface area contributed by atoms with Crippen molar-refractivity contribution < 1.29 is 18.7 Å². The number of rotatable bonds is 3. The van der Waals surface area contributed by atoms with E-state index in [0.29, 0.717) is 28.3 Å². The molecule has 5 nitrogen and oxygen atoms in total. The molecule has 3 aromatic rings. The van der Waals surface area contributed by atoms with Crippen molar-refractivity contribution >= 4 is 23.5 Å². The van der Waals surface area contributed by atoms with Gasteiger partial charge in [-0.3, -0.25) is 4.79 Å². The van der Waals surface area contributed by atoms with E-state index in [4.69, 9.17) is 11.6 Å². The number of hydrogen-bond acceptors (Lipinski definition) is 4. The summed E-state index contributed by atoms with van der Waals surface area (Å²) in [4.78, 5) is 25.0. The monoisotopic (exact) mass is 426 g/mol. The van der Waals surface area contributed by atoms with E-state index in [-0.39, 0.29) is 11.5 Å². The van der Waals surface area contributed by atoms with Gasteiger partial charge in [-0.2, -0.15) is 9.78 Å². The van der Waals surface area contributed by atoms with Gasteiger partial charge in [0, 0.05) is 11.1 Å². The number of halogens is 2. The Hall–Kier alpha value is -2.99. The van der Waals surface area contributed by atoms with Gasteiger partial charge >= 0.3 is 5.97 Å². The number of fused-ring (bicyclic) bond motifs is 1. The van der Waals surface area contributed by atoms with Crippen molar-refractivity contribution in [3.05, 3.63) is 75.2 Å². The Morgan fingerprint density at radius 3 is 2.63 bits per heavy atom. The molecule has 2 aromatic carbocycles. The van der Waals surface area contributed by atoms with E-state index in [1.165, 1.54) is 23.9 Å². The highest BCUT2D eigenvalue weighted by atomic mass is 35.5. The van der Waals surface area contributed by atoms with Crippen LogP contribution in [-0.2, 0) is 17.6 Å². The molecule has 1 aliphatic carbocycles. The van der Waals surface area contributed by atoms with Crippen molar-refractivity contribution in [2.45, 2.75) is 32.6 Å². The van der Waals surface area contributed by atoms with Crippen molar-refractivity contribution in [3.63, 3.8) is 0 Å². The van der Waals surface area contributed by atoms with Crippen LogP contribution in [0.5, 0.6) is 0 Å². The molecule has 0 saturated heterocycles. The van der Waals surface area contributed by atoms with Crippen molar-refractivity contribution in [2.75, 3.05) is 7.11 Å². The summed E-state index contributed by atoms with van der Waals surface area (Å²) in [5.41, 5.74) is 3.87. The minimum Gasteiger partial charge on any atom is -0.465 e. The Bertz CT molecular complexity index is 1150. The molecule has 0 amide bonds. The largest absolute Gasteiger partial charge is 0.465 e. The predicted octanol–water partition coefficient (Wildman–Crippen LogP) is 5.00. The van der Waals surface area contributed by atoms with Crippen LogP contribution in [0.3, 0.4) is 0 Å². The Morgan fingerprint density at radius 1 is 1.17 bits per heavy atom. The zero-order chi connectivity index (χ0) is 21.4. The van der Waals surface area contributed by atoms with Crippen LogP contribution < -0.4 is 0 Å². The second-order valence-electron chi connectivity index (χ2n) is 7.32. The van der Waals surface area contributed by atoms with Gasteiger partial charge in [0.1, 0.15) is 5.82 Å². The number of aryl methyl sites for hydroxylation is 1. The van der Waals surface area contributed by atoms with Crippen molar-refractivity contribution in [2.24, 2.45) is 0 Å². The molecule has 7 heteroatoms. The SMILES string of the molecule is COC(=O)c1ccc(-c2nn(C(=O)c3c(C)cccc3Cl)c3c2CCCC3)cc1F. The van der Waals surface area contributed by atoms with Crippen LogP contribution in [0.4, 0.5) is 4.39 Å². The molecule has 4 rings (SSSR count). The molecular weight excluding hydrogens is 407 g/mol. The molecule has 0 atom stereocenters. The Morgan fingerprint density at radius 2 is 1.93 bits per heavy atom. The molecule has 0 radical (unpaired) electrons. The second-order valence-corrected chi connectivity index (χ2v) is 7.72. The lowest BCUT2D eigenvalue weighted by Crippen LogP contribution is -2.19. The third kappa shape index (κ3) is 3.41. The average Bonchev–Trinajstić information content (AvgIpc) is 3.12. The first-order valence-corrected chi connectivity index (χ1v) is 10.1. The lowest BCUT2D eigenvalue weighted by atomic mass is 9.93. The van der Waals surface area contributed by atoms with E-state index in [0.717, 1.165) is 36.1 Å². The highest BCUT2D eigenvalue weighted by Crippen LogP contribution is 2.33. The van der Waals surface area contributed by atoms with Gasteiger partial charge in [0.2, 0.25) is 0 Å². The van der Waals surface area contributed by atoms with Crippen molar-refractivity contribution in [1.29, 1.82) is 0 Å². The number of benzene rings is 2. The molecule has 0 spiro atoms. The van der Waals surface area contributed by atoms with Gasteiger partial charge in [0.15, 0.2) is 0 Å². The number of methoxy groups -OCH3 is 1. The zero-order valence-electron chi connectivity index (χ0n) is 16.7. The lowest BCUT2D eigenvalue weighted by Gasteiger charge is -2.14. The lowest BCUT2D eigenvalue weighted by molar-refractivity contribution is 0.0595. The summed E-state index contributed by atoms with van der Waals surface area (Å²) in [6.07, 6.45) is 3.37. The normalized spacial score (nSPS) is 13.1. The first kappa shape index (κ1) is 20.3. The molecule has 154 valence electrons. The van der Waals surface area contributed by atoms with Gasteiger partial charge in [-0.25, -0.2) is 9.18 Å². The molecule has 1 aliphatic rings. The van der Waals surface area contributed by atoms with Crippen LogP contribution >= 0.6 is 11.6 Å². The fourth-order valence-corrected chi connectivity index (χ4v) is 4.25. The topological polar surface area (TPSA) is 61.2 Å². The Balaban J connectivity index is 1.84. The number of ether oxygens (including phenoxy) is 1. The molecule has 1 aromatic heterocycles. The van der Waals surface area contributed by atoms with Gasteiger partial charge < -0.3 is 4.74 Å². The van der Waals surface area contributed by atoms with E-state index in [1.807, 2.05) is 13.0 Å². The summed E-state index contributed by atoms with van der Waals surface area (Å²) < 4.78 is 20.5. The Labute approximate surface area is 178 Å². The number of nitrogens with zero attached hydrogens (tertiary/aromatic N) is 2. The molecule has 1 heterocycles. The van der Waals surface area contributed by atoms with Gasteiger partial charge in [-0.1, -0.05) is 29.8 Å². The fourth-order valence-electron chi connectivity index (χ4n) is 3.95. The minimum absolute atomic E-state index is 0.141. The predicted molar refractivity (Wildman–Crippen MR) is 112 cm³/mol. The van der Waals surface area contributed by atoms with Crippen LogP contribution in [0.1, 0.15) is 50.4 Å². The molecule has 0 saturated carbocycles. The van der Waals surface area contributed by atoms with E-state index >= 15 is 0 Å². The first-order chi connectivity index (χ1) is 14.4. The zero-order valence-corrected chi connectivity index (χ0v) is 17.4. The van der Waals surface area contributed by atoms with Crippen LogP contribution in [0.15, 0.2) is 36.4 Å². The maximum Gasteiger partial charge on any atom is 0.340 e. The third-order valence-corrected chi connectivity index (χ3v) is 5.77. The average molecular weight is 427 g/mol. The summed E-state index contributed by atoms with van der Waals surface area (Å²) in [5.74, 6) is -1.73. The van der Waals surface area contributed by atoms with E-state index in [2.05, 4.69) is 9.84 Å². The van der Waals surface area contributed by atoms with Crippen molar-refractivity contribution in [3.8, 4) is 11.3 Å². The van der Waals surface area contributed by atoms with Gasteiger partial charge in [-0.05, 0) is 56.4 Å². The standard InChI is InChI=1S/C23H20ClFN2O3/c1-13-6-5-8-17(24)20(13)22(28)27-19-9-4-3-7-16(19)21(26-27)14-10-11-15(18(25)12-14)23(29)30-2/h5-6,8,10-12H,3-4,7,9H2,1-2H3. The summed E-state index contributed by atoms with van der Waals surface area (Å²) in [6.45, 7) is 1.83. The van der Waals surface area contributed by atoms with Crippen LogP contribution in [0.2, 0.25) is 5.02 Å². The van der Waals surface area contributed by atoms with Gasteiger partial charge in [-0.15, -0.1) is 0 Å². The maximum absolute atomic E-state index is 14.5. The van der Waals surface area contributed by atoms with E-state index in [1.54, 1.807) is 18.2 Å². The summed E-state index contributed by atoms with van der Waals surface area (Å²) in [5, 5.41) is 4.95. The molecule has 30 heavy (non-hydrogen) atoms. The van der Waals surface area contributed by atoms with Crippen LogP contribution in [0.25, 0.3) is 11.3 Å². The maximum atomic E-state index is 14.5. The smallest absolute Gasteiger partial charge is 0.340 e. The van der Waals surface area contributed by atoms with E-state index in [9.17, 15) is 14.0 Å². The quantitative estimate of drug-likeness (QED) is 0.552. The number of carbonyl (C=O) groups excluding carboxylic acids is 2. The fraction of sp³-hybridized carbons (Fsp3) is 0.261. The molecule has 0 aliphatic heterocycles. The second kappa shape index (κ2) is 8.03. The molecule has 0 fully saturated rings. The molecule has 0 unspecified atom stereocenters. The molecule has 0 N–H and O–H groups in total. The van der Waals surface area contributed by atoms with Crippen LogP contribution in [0, 0.1) is 12.7 Å². The number of carbonyl (C=O) groups is 2. The Kier molecular flexibility index (Phi) is 5.43. The van der Waals surface area contributed by atoms with Crippen LogP contribution in [-0.4, -0.2) is 28.8 Å². The minimum atomic E-state index is -0.740. The molecule has 0 bridgehead atoms. The number of aromatic nitrogens is 2. The van der Waals surface area contributed by atoms with E-state index < -0.39 is 11.8 Å². The van der Waals surface area contributed by atoms with Gasteiger partial charge in [0.25, 0.3) is 5.91 Å². The summed E-state index contributed by atoms with van der Waals surface area (Å²) in [6, 6.07) is 9.58. The first-order valence-electron chi connectivity index (χ1n) is 9.71. The highest BCUT2D eigenvalue weighted by Gasteiger charge is 2.27. The highest BCUT2D eigenvalue weighted by molar-refractivity contribution is 6.34. The number of esters is 1. The van der Waals surface area contributed by atoms with Gasteiger partial charge in [0.05, 0.1) is 34.6 Å². The summed E-state index contributed by atoms with van der Waals surface area (Å²) in [7, 11) is 1.20. The summed E-state index contributed by atoms with van der Waals surface area (Å²) >= 11 is 6.31.